The monoisotopic (exact) mass is 311 g/mol. The largest absolute Gasteiger partial charge is 0.383 e. The van der Waals surface area contributed by atoms with Crippen molar-refractivity contribution in [2.75, 3.05) is 12.4 Å². The molecule has 0 unspecified atom stereocenters. The van der Waals surface area contributed by atoms with Gasteiger partial charge in [-0.25, -0.2) is 0 Å². The number of nitro benzene ring substituents is 1. The van der Waals surface area contributed by atoms with Gasteiger partial charge in [0.05, 0.1) is 4.92 Å². The number of benzene rings is 2. The first-order valence-corrected chi connectivity index (χ1v) is 7.95. The summed E-state index contributed by atoms with van der Waals surface area (Å²) in [4.78, 5) is 10.8. The Hall–Kier alpha value is -2.40. The van der Waals surface area contributed by atoms with Crippen LogP contribution in [0.25, 0.3) is 0 Å². The van der Waals surface area contributed by atoms with Gasteiger partial charge in [-0.15, -0.1) is 0 Å². The van der Waals surface area contributed by atoms with Crippen LogP contribution in [0.4, 0.5) is 11.4 Å². The summed E-state index contributed by atoms with van der Waals surface area (Å²) in [5.41, 5.74) is 4.37. The number of nitro groups is 1. The zero-order chi connectivity index (χ0) is 16.2. The Morgan fingerprint density at radius 1 is 1.26 bits per heavy atom. The minimum atomic E-state index is -0.342. The quantitative estimate of drug-likeness (QED) is 0.651. The van der Waals surface area contributed by atoms with Crippen molar-refractivity contribution in [3.8, 4) is 0 Å². The molecule has 5 heteroatoms. The van der Waals surface area contributed by atoms with Gasteiger partial charge in [0.15, 0.2) is 0 Å². The molecule has 3 rings (SSSR count). The van der Waals surface area contributed by atoms with Crippen LogP contribution in [0.1, 0.15) is 35.6 Å². The van der Waals surface area contributed by atoms with Crippen molar-refractivity contribution >= 4 is 11.4 Å². The highest BCUT2D eigenvalue weighted by atomic mass is 16.6. The van der Waals surface area contributed by atoms with E-state index in [2.05, 4.69) is 34.9 Å². The van der Waals surface area contributed by atoms with Crippen LogP contribution in [0.3, 0.4) is 0 Å². The second kappa shape index (κ2) is 6.79. The molecule has 0 aromatic heterocycles. The molecule has 0 amide bonds. The Morgan fingerprint density at radius 2 is 2.09 bits per heavy atom. The molecule has 23 heavy (non-hydrogen) atoms. The van der Waals surface area contributed by atoms with Gasteiger partial charge in [-0.05, 0) is 42.0 Å². The summed E-state index contributed by atoms with van der Waals surface area (Å²) in [6, 6.07) is 14.2. The van der Waals surface area contributed by atoms with Crippen molar-refractivity contribution in [1.29, 1.82) is 0 Å². The highest BCUT2D eigenvalue weighted by molar-refractivity contribution is 5.62. The number of hydrogen-bond acceptors (Lipinski definition) is 4. The van der Waals surface area contributed by atoms with Crippen LogP contribution in [0.5, 0.6) is 0 Å². The Bertz CT molecular complexity index is 715. The molecule has 0 radical (unpaired) electrons. The first-order chi connectivity index (χ1) is 11.2. The summed E-state index contributed by atoms with van der Waals surface area (Å²) in [5, 5.41) is 17.6. The highest BCUT2D eigenvalue weighted by Gasteiger charge is 2.19. The molecular weight excluding hydrogens is 290 g/mol. The standard InChI is InChI=1S/C18H21N3O2/c1-19-17-10-9-13(11-18(17)21(22)23)12-20-16-8-4-6-14-5-2-3-7-15(14)16/h2-3,5,7,9-11,16,19-20H,4,6,8,12H2,1H3/t16-/m0/s1. The molecule has 0 saturated heterocycles. The lowest BCUT2D eigenvalue weighted by Crippen LogP contribution is -2.24. The predicted molar refractivity (Wildman–Crippen MR) is 91.6 cm³/mol. The molecule has 0 aliphatic heterocycles. The number of fused-ring (bicyclic) bond motifs is 1. The van der Waals surface area contributed by atoms with E-state index in [1.54, 1.807) is 19.2 Å². The Morgan fingerprint density at radius 3 is 2.87 bits per heavy atom. The molecule has 5 nitrogen and oxygen atoms in total. The molecular formula is C18H21N3O2. The Balaban J connectivity index is 1.74. The van der Waals surface area contributed by atoms with Gasteiger partial charge in [-0.1, -0.05) is 30.3 Å². The van der Waals surface area contributed by atoms with E-state index in [1.807, 2.05) is 6.07 Å². The van der Waals surface area contributed by atoms with Crippen LogP contribution >= 0.6 is 0 Å². The third kappa shape index (κ3) is 3.35. The number of rotatable bonds is 5. The van der Waals surface area contributed by atoms with E-state index < -0.39 is 0 Å². The average molecular weight is 311 g/mol. The van der Waals surface area contributed by atoms with Gasteiger partial charge in [-0.3, -0.25) is 10.1 Å². The van der Waals surface area contributed by atoms with Gasteiger partial charge in [-0.2, -0.15) is 0 Å². The fourth-order valence-electron chi connectivity index (χ4n) is 3.26. The van der Waals surface area contributed by atoms with E-state index in [-0.39, 0.29) is 10.6 Å². The van der Waals surface area contributed by atoms with Crippen LogP contribution in [0.15, 0.2) is 42.5 Å². The topological polar surface area (TPSA) is 67.2 Å². The highest BCUT2D eigenvalue weighted by Crippen LogP contribution is 2.30. The zero-order valence-corrected chi connectivity index (χ0v) is 13.2. The summed E-state index contributed by atoms with van der Waals surface area (Å²) in [6.45, 7) is 0.629. The molecule has 1 atom stereocenters. The minimum absolute atomic E-state index is 0.121. The SMILES string of the molecule is CNc1ccc(CN[C@H]2CCCc3ccccc32)cc1[N+](=O)[O-]. The van der Waals surface area contributed by atoms with Gasteiger partial charge in [0, 0.05) is 25.7 Å². The molecule has 1 aliphatic carbocycles. The second-order valence-corrected chi connectivity index (χ2v) is 5.88. The maximum Gasteiger partial charge on any atom is 0.292 e. The summed E-state index contributed by atoms with van der Waals surface area (Å²) in [5.74, 6) is 0. The van der Waals surface area contributed by atoms with E-state index in [9.17, 15) is 10.1 Å². The lowest BCUT2D eigenvalue weighted by Gasteiger charge is -2.26. The molecule has 2 aromatic rings. The van der Waals surface area contributed by atoms with Gasteiger partial charge >= 0.3 is 0 Å². The summed E-state index contributed by atoms with van der Waals surface area (Å²) < 4.78 is 0. The van der Waals surface area contributed by atoms with Gasteiger partial charge in [0.25, 0.3) is 5.69 Å². The third-order valence-electron chi connectivity index (χ3n) is 4.45. The summed E-state index contributed by atoms with van der Waals surface area (Å²) >= 11 is 0. The van der Waals surface area contributed by atoms with E-state index in [0.29, 0.717) is 18.3 Å². The lowest BCUT2D eigenvalue weighted by atomic mass is 9.87. The molecule has 0 saturated carbocycles. The van der Waals surface area contributed by atoms with Gasteiger partial charge < -0.3 is 10.6 Å². The molecule has 0 bridgehead atoms. The molecule has 0 heterocycles. The summed E-state index contributed by atoms with van der Waals surface area (Å²) in [6.07, 6.45) is 3.41. The average Bonchev–Trinajstić information content (AvgIpc) is 2.59. The summed E-state index contributed by atoms with van der Waals surface area (Å²) in [7, 11) is 1.69. The molecule has 120 valence electrons. The Labute approximate surface area is 135 Å². The first kappa shape index (κ1) is 15.5. The zero-order valence-electron chi connectivity index (χ0n) is 13.2. The van der Waals surface area contributed by atoms with Gasteiger partial charge in [0.2, 0.25) is 0 Å². The number of nitrogens with zero attached hydrogens (tertiary/aromatic N) is 1. The van der Waals surface area contributed by atoms with E-state index in [1.165, 1.54) is 17.5 Å². The Kier molecular flexibility index (Phi) is 4.57. The van der Waals surface area contributed by atoms with Crippen molar-refractivity contribution in [2.24, 2.45) is 0 Å². The number of nitrogens with one attached hydrogen (secondary N) is 2. The van der Waals surface area contributed by atoms with Crippen LogP contribution in [-0.2, 0) is 13.0 Å². The normalized spacial score (nSPS) is 16.7. The van der Waals surface area contributed by atoms with Crippen LogP contribution in [0, 0.1) is 10.1 Å². The lowest BCUT2D eigenvalue weighted by molar-refractivity contribution is -0.384. The number of aryl methyl sites for hydroxylation is 1. The van der Waals surface area contributed by atoms with Crippen LogP contribution in [0.2, 0.25) is 0 Å². The van der Waals surface area contributed by atoms with Crippen molar-refractivity contribution in [2.45, 2.75) is 31.8 Å². The van der Waals surface area contributed by atoms with Crippen molar-refractivity contribution < 1.29 is 4.92 Å². The minimum Gasteiger partial charge on any atom is -0.383 e. The molecule has 1 aliphatic rings. The molecule has 2 N–H and O–H groups in total. The van der Waals surface area contributed by atoms with E-state index in [0.717, 1.165) is 18.4 Å². The predicted octanol–water partition coefficient (Wildman–Crippen LogP) is 3.80. The van der Waals surface area contributed by atoms with E-state index >= 15 is 0 Å². The van der Waals surface area contributed by atoms with Crippen LogP contribution < -0.4 is 10.6 Å². The fourth-order valence-corrected chi connectivity index (χ4v) is 3.26. The molecule has 2 aromatic carbocycles. The van der Waals surface area contributed by atoms with Crippen molar-refractivity contribution in [1.82, 2.24) is 5.32 Å². The molecule has 0 spiro atoms. The maximum absolute atomic E-state index is 11.1. The maximum atomic E-state index is 11.1. The fraction of sp³-hybridized carbons (Fsp3) is 0.333. The number of anilines is 1. The van der Waals surface area contributed by atoms with Gasteiger partial charge in [0.1, 0.15) is 5.69 Å². The number of hydrogen-bond donors (Lipinski definition) is 2. The second-order valence-electron chi connectivity index (χ2n) is 5.88. The van der Waals surface area contributed by atoms with Crippen molar-refractivity contribution in [3.63, 3.8) is 0 Å². The first-order valence-electron chi connectivity index (χ1n) is 7.95. The van der Waals surface area contributed by atoms with E-state index in [4.69, 9.17) is 0 Å². The van der Waals surface area contributed by atoms with Crippen molar-refractivity contribution in [3.05, 3.63) is 69.3 Å². The smallest absolute Gasteiger partial charge is 0.292 e. The molecule has 0 fully saturated rings. The van der Waals surface area contributed by atoms with Crippen LogP contribution in [-0.4, -0.2) is 12.0 Å². The third-order valence-corrected chi connectivity index (χ3v) is 4.45.